The molecule has 1 aliphatic rings. The molecule has 13 heteroatoms. The van der Waals surface area contributed by atoms with Crippen molar-refractivity contribution in [1.82, 2.24) is 15.1 Å². The number of nitrogens with one attached hydrogen (secondary N) is 2. The minimum atomic E-state index is -5.47. The standard InChI is InChI=1S/C19H21F3N6O3S/c1-25-13-4-7-16(11(8-13)9-23)28-10-15(17(24)29)18(27-28)26-12-2-5-14(6-3-12)32(30,31)19(20,21)22/h2-3,5-6,10-11,13,16,25H,4,7-8H2,1H3,(H2,24,29)(H,26,27)/t11?,13-,16-/m0/s1. The van der Waals surface area contributed by atoms with E-state index in [9.17, 15) is 31.6 Å². The Morgan fingerprint density at radius 1 is 1.28 bits per heavy atom. The number of sulfone groups is 1. The van der Waals surface area contributed by atoms with E-state index >= 15 is 0 Å². The van der Waals surface area contributed by atoms with Gasteiger partial charge < -0.3 is 16.4 Å². The summed E-state index contributed by atoms with van der Waals surface area (Å²) in [5.41, 5.74) is 0.261. The summed E-state index contributed by atoms with van der Waals surface area (Å²) in [5.74, 6) is -1.08. The number of hydrogen-bond donors (Lipinski definition) is 3. The van der Waals surface area contributed by atoms with Crippen LogP contribution in [0.4, 0.5) is 24.7 Å². The van der Waals surface area contributed by atoms with Crippen molar-refractivity contribution in [3.8, 4) is 6.07 Å². The molecule has 0 radical (unpaired) electrons. The van der Waals surface area contributed by atoms with Gasteiger partial charge in [-0.3, -0.25) is 9.48 Å². The number of nitriles is 1. The number of benzene rings is 1. The number of nitrogens with zero attached hydrogens (tertiary/aromatic N) is 3. The zero-order valence-electron chi connectivity index (χ0n) is 16.9. The monoisotopic (exact) mass is 470 g/mol. The van der Waals surface area contributed by atoms with Gasteiger partial charge in [0.1, 0.15) is 5.56 Å². The number of halogens is 3. The Bertz CT molecular complexity index is 1140. The van der Waals surface area contributed by atoms with Gasteiger partial charge in [0.25, 0.3) is 15.7 Å². The summed E-state index contributed by atoms with van der Waals surface area (Å²) in [6, 6.07) is 6.04. The molecule has 1 aliphatic carbocycles. The molecule has 0 saturated heterocycles. The van der Waals surface area contributed by atoms with Crippen molar-refractivity contribution in [3.63, 3.8) is 0 Å². The van der Waals surface area contributed by atoms with Crippen LogP contribution in [0.2, 0.25) is 0 Å². The second kappa shape index (κ2) is 8.79. The van der Waals surface area contributed by atoms with Crippen molar-refractivity contribution in [2.24, 2.45) is 11.7 Å². The van der Waals surface area contributed by atoms with Crippen LogP contribution in [0.3, 0.4) is 0 Å². The van der Waals surface area contributed by atoms with Crippen LogP contribution < -0.4 is 16.4 Å². The molecule has 0 bridgehead atoms. The maximum absolute atomic E-state index is 12.7. The van der Waals surface area contributed by atoms with Gasteiger partial charge >= 0.3 is 5.51 Å². The SMILES string of the molecule is CN[C@H]1CC[C@H](n2cc(C(N)=O)c(Nc3ccc(S(=O)(=O)C(F)(F)F)cc3)n2)C(C#N)C1. The fourth-order valence-electron chi connectivity index (χ4n) is 3.69. The van der Waals surface area contributed by atoms with Crippen molar-refractivity contribution < 1.29 is 26.4 Å². The molecule has 0 aliphatic heterocycles. The van der Waals surface area contributed by atoms with Gasteiger partial charge in [-0.1, -0.05) is 0 Å². The summed E-state index contributed by atoms with van der Waals surface area (Å²) >= 11 is 0. The molecule has 1 unspecified atom stereocenters. The van der Waals surface area contributed by atoms with Crippen molar-refractivity contribution in [3.05, 3.63) is 36.0 Å². The van der Waals surface area contributed by atoms with E-state index in [1.165, 1.54) is 10.9 Å². The minimum Gasteiger partial charge on any atom is -0.365 e. The molecule has 1 fully saturated rings. The summed E-state index contributed by atoms with van der Waals surface area (Å²) in [5, 5.41) is 19.8. The molecule has 1 amide bonds. The highest BCUT2D eigenvalue weighted by molar-refractivity contribution is 7.92. The molecule has 9 nitrogen and oxygen atoms in total. The first-order chi connectivity index (χ1) is 15.0. The molecular weight excluding hydrogens is 449 g/mol. The van der Waals surface area contributed by atoms with Crippen LogP contribution in [0, 0.1) is 17.2 Å². The number of aromatic nitrogens is 2. The number of nitrogens with two attached hydrogens (primary N) is 1. The Hall–Kier alpha value is -3.11. The molecule has 32 heavy (non-hydrogen) atoms. The fourth-order valence-corrected chi connectivity index (χ4v) is 4.46. The van der Waals surface area contributed by atoms with E-state index in [-0.39, 0.29) is 35.1 Å². The van der Waals surface area contributed by atoms with Gasteiger partial charge in [-0.25, -0.2) is 8.42 Å². The number of amides is 1. The summed E-state index contributed by atoms with van der Waals surface area (Å²) in [6.07, 6.45) is 3.50. The third-order valence-corrected chi connectivity index (χ3v) is 6.96. The number of hydrogen-bond acceptors (Lipinski definition) is 7. The summed E-state index contributed by atoms with van der Waals surface area (Å²) < 4.78 is 62.6. The lowest BCUT2D eigenvalue weighted by Crippen LogP contribution is -2.36. The Morgan fingerprint density at radius 2 is 1.94 bits per heavy atom. The number of anilines is 2. The van der Waals surface area contributed by atoms with Crippen LogP contribution in [-0.4, -0.2) is 42.7 Å². The van der Waals surface area contributed by atoms with Crippen LogP contribution in [0.25, 0.3) is 0 Å². The Kier molecular flexibility index (Phi) is 6.47. The minimum absolute atomic E-state index is 0.0319. The first kappa shape index (κ1) is 23.6. The van der Waals surface area contributed by atoms with Crippen molar-refractivity contribution in [2.75, 3.05) is 12.4 Å². The van der Waals surface area contributed by atoms with E-state index in [2.05, 4.69) is 21.8 Å². The Balaban J connectivity index is 1.87. The maximum atomic E-state index is 12.7. The molecule has 2 aromatic rings. The smallest absolute Gasteiger partial charge is 0.365 e. The molecule has 4 N–H and O–H groups in total. The van der Waals surface area contributed by atoms with E-state index in [4.69, 9.17) is 5.73 Å². The zero-order valence-corrected chi connectivity index (χ0v) is 17.7. The van der Waals surface area contributed by atoms with Crippen LogP contribution in [0.1, 0.15) is 35.7 Å². The van der Waals surface area contributed by atoms with Crippen molar-refractivity contribution in [1.29, 1.82) is 5.26 Å². The predicted octanol–water partition coefficient (Wildman–Crippen LogP) is 2.47. The maximum Gasteiger partial charge on any atom is 0.501 e. The molecule has 1 aromatic carbocycles. The first-order valence-corrected chi connectivity index (χ1v) is 11.1. The highest BCUT2D eigenvalue weighted by atomic mass is 32.2. The molecule has 1 saturated carbocycles. The lowest BCUT2D eigenvalue weighted by molar-refractivity contribution is -0.0436. The number of primary amides is 1. The summed E-state index contributed by atoms with van der Waals surface area (Å²) in [4.78, 5) is 11.0. The fraction of sp³-hybridized carbons (Fsp3) is 0.421. The van der Waals surface area contributed by atoms with E-state index in [0.717, 1.165) is 30.7 Å². The molecule has 3 atom stereocenters. The molecule has 0 spiro atoms. The zero-order chi connectivity index (χ0) is 23.7. The number of alkyl halides is 3. The molecule has 1 aromatic heterocycles. The number of rotatable bonds is 6. The highest BCUT2D eigenvalue weighted by Crippen LogP contribution is 2.35. The molecule has 1 heterocycles. The number of carbonyl (C=O) groups excluding carboxylic acids is 1. The van der Waals surface area contributed by atoms with E-state index < -0.39 is 26.1 Å². The lowest BCUT2D eigenvalue weighted by Gasteiger charge is -2.32. The quantitative estimate of drug-likeness (QED) is 0.588. The van der Waals surface area contributed by atoms with Crippen LogP contribution in [-0.2, 0) is 9.84 Å². The van der Waals surface area contributed by atoms with Gasteiger partial charge in [-0.2, -0.15) is 23.5 Å². The van der Waals surface area contributed by atoms with Crippen LogP contribution in [0.5, 0.6) is 0 Å². The van der Waals surface area contributed by atoms with Gasteiger partial charge in [0.05, 0.1) is 22.9 Å². The topological polar surface area (TPSA) is 143 Å². The van der Waals surface area contributed by atoms with E-state index in [0.29, 0.717) is 12.8 Å². The second-order valence-electron chi connectivity index (χ2n) is 7.44. The normalized spacial score (nSPS) is 21.7. The summed E-state index contributed by atoms with van der Waals surface area (Å²) in [6.45, 7) is 0. The molecule has 3 rings (SSSR count). The lowest BCUT2D eigenvalue weighted by atomic mass is 9.82. The molecular formula is C19H21F3N6O3S. The third-order valence-electron chi connectivity index (χ3n) is 5.46. The second-order valence-corrected chi connectivity index (χ2v) is 9.38. The van der Waals surface area contributed by atoms with E-state index in [1.807, 2.05) is 7.05 Å². The Morgan fingerprint density at radius 3 is 2.47 bits per heavy atom. The van der Waals surface area contributed by atoms with Crippen molar-refractivity contribution >= 4 is 27.2 Å². The average molecular weight is 470 g/mol. The molecule has 172 valence electrons. The van der Waals surface area contributed by atoms with Crippen LogP contribution >= 0.6 is 0 Å². The van der Waals surface area contributed by atoms with Gasteiger partial charge in [0, 0.05) is 17.9 Å². The van der Waals surface area contributed by atoms with Crippen LogP contribution in [0.15, 0.2) is 35.4 Å². The predicted molar refractivity (Wildman–Crippen MR) is 109 cm³/mol. The third kappa shape index (κ3) is 4.56. The first-order valence-electron chi connectivity index (χ1n) is 9.62. The number of carbonyl (C=O) groups is 1. The summed E-state index contributed by atoms with van der Waals surface area (Å²) in [7, 11) is -3.65. The van der Waals surface area contributed by atoms with Gasteiger partial charge in [-0.05, 0) is 50.6 Å². The van der Waals surface area contributed by atoms with Gasteiger partial charge in [0.2, 0.25) is 0 Å². The average Bonchev–Trinajstić information content (AvgIpc) is 3.16. The Labute approximate surface area is 182 Å². The van der Waals surface area contributed by atoms with Gasteiger partial charge in [-0.15, -0.1) is 0 Å². The van der Waals surface area contributed by atoms with Gasteiger partial charge in [0.15, 0.2) is 5.82 Å². The van der Waals surface area contributed by atoms with E-state index in [1.54, 1.807) is 0 Å². The largest absolute Gasteiger partial charge is 0.501 e. The van der Waals surface area contributed by atoms with Crippen molar-refractivity contribution in [2.45, 2.75) is 41.7 Å². The highest BCUT2D eigenvalue weighted by Gasteiger charge is 2.46.